The van der Waals surface area contributed by atoms with E-state index in [9.17, 15) is 24.0 Å². The Morgan fingerprint density at radius 2 is 0.671 bits per heavy atom. The highest BCUT2D eigenvalue weighted by atomic mass is 16.6. The number of carbonyl (C=O) groups is 5. The lowest BCUT2D eigenvalue weighted by molar-refractivity contribution is -0.231. The Morgan fingerprint density at radius 3 is 0.976 bits per heavy atom. The average Bonchev–Trinajstić information content (AvgIpc) is 3.40. The summed E-state index contributed by atoms with van der Waals surface area (Å²) < 4.78 is 29.8. The highest BCUT2D eigenvalue weighted by molar-refractivity contribution is 5.80. The lowest BCUT2D eigenvalue weighted by Crippen LogP contribution is -2.62. The fourth-order valence-electron chi connectivity index (χ4n) is 20.5. The summed E-state index contributed by atoms with van der Waals surface area (Å²) in [4.78, 5) is 61.9. The van der Waals surface area contributed by atoms with E-state index in [-0.39, 0.29) is 69.7 Å². The third kappa shape index (κ3) is 12.2. The van der Waals surface area contributed by atoms with Crippen LogP contribution in [0.2, 0.25) is 0 Å². The summed E-state index contributed by atoms with van der Waals surface area (Å²) in [7, 11) is 0. The van der Waals surface area contributed by atoms with Crippen molar-refractivity contribution in [1.82, 2.24) is 0 Å². The average molecular weight is 1140 g/mol. The van der Waals surface area contributed by atoms with Gasteiger partial charge in [0.15, 0.2) is 6.61 Å². The first-order valence-electron chi connectivity index (χ1n) is 34.3. The van der Waals surface area contributed by atoms with Crippen LogP contribution in [0.5, 0.6) is 0 Å². The van der Waals surface area contributed by atoms with E-state index in [1.165, 1.54) is 128 Å². The monoisotopic (exact) mass is 1140 g/mol. The lowest BCUT2D eigenvalue weighted by Gasteiger charge is -2.62. The van der Waals surface area contributed by atoms with E-state index in [1.54, 1.807) is 0 Å². The van der Waals surface area contributed by atoms with Gasteiger partial charge in [-0.3, -0.25) is 19.2 Å². The Balaban J connectivity index is 0.000000132. The summed E-state index contributed by atoms with van der Waals surface area (Å²) in [6.07, 6.45) is 29.5. The topological polar surface area (TPSA) is 132 Å². The molecular formula is C72H118O10. The molecule has 0 aromatic rings. The zero-order valence-corrected chi connectivity index (χ0v) is 55.1. The predicted octanol–water partition coefficient (Wildman–Crippen LogP) is 16.9. The minimum Gasteiger partial charge on any atom is -0.458 e. The molecule has 0 radical (unpaired) electrons. The van der Waals surface area contributed by atoms with Crippen molar-refractivity contribution >= 4 is 29.8 Å². The molecule has 16 bridgehead atoms. The Bertz CT molecular complexity index is 2200. The van der Waals surface area contributed by atoms with E-state index in [0.29, 0.717) is 59.7 Å². The van der Waals surface area contributed by atoms with Crippen molar-refractivity contribution in [2.24, 2.45) is 122 Å². The molecule has 466 valence electrons. The van der Waals surface area contributed by atoms with Crippen molar-refractivity contribution in [3.05, 3.63) is 0 Å². The van der Waals surface area contributed by atoms with Crippen molar-refractivity contribution in [3.8, 4) is 0 Å². The summed E-state index contributed by atoms with van der Waals surface area (Å²) >= 11 is 0. The Labute approximate surface area is 498 Å². The number of esters is 5. The first-order chi connectivity index (χ1) is 38.2. The van der Waals surface area contributed by atoms with Gasteiger partial charge in [0.2, 0.25) is 0 Å². The Morgan fingerprint density at radius 1 is 0.378 bits per heavy atom. The molecule has 0 aromatic carbocycles. The number of hydrogen-bond donors (Lipinski definition) is 0. The summed E-state index contributed by atoms with van der Waals surface area (Å²) in [6, 6.07) is 0. The largest absolute Gasteiger partial charge is 0.458 e. The molecule has 16 fully saturated rings. The Hall–Kier alpha value is -2.65. The number of carbonyl (C=O) groups excluding carboxylic acids is 5. The normalized spacial score (nSPS) is 42.0. The molecule has 16 rings (SSSR count). The highest BCUT2D eigenvalue weighted by Crippen LogP contribution is 2.65. The van der Waals surface area contributed by atoms with Crippen LogP contribution in [0.4, 0.5) is 0 Å². The van der Waals surface area contributed by atoms with E-state index in [0.717, 1.165) is 66.6 Å². The van der Waals surface area contributed by atoms with Crippen LogP contribution in [0.25, 0.3) is 0 Å². The maximum Gasteiger partial charge on any atom is 0.344 e. The van der Waals surface area contributed by atoms with Crippen LogP contribution in [0.1, 0.15) is 272 Å². The quantitative estimate of drug-likeness (QED) is 0.122. The van der Waals surface area contributed by atoms with Gasteiger partial charge in [0.05, 0.1) is 21.7 Å². The fourth-order valence-corrected chi connectivity index (χ4v) is 20.5. The van der Waals surface area contributed by atoms with Gasteiger partial charge in [0.25, 0.3) is 0 Å². The van der Waals surface area contributed by atoms with E-state index in [2.05, 4.69) is 48.5 Å². The van der Waals surface area contributed by atoms with E-state index < -0.39 is 10.8 Å². The standard InChI is InChI=1S/C19H30O4.2C18H30O2.C17H28O2/c1-5-18(2,3)17(21)22-11-16(20)23-19(4)14-7-12-6-13(9-14)10-15(19)8-12;1-11(2)18(20-16(19)17(3,4)5)14-7-12-6-13(9-14)10-15(18)8-12;1-5-17(3,4)16(19)20-18(6-2)14-8-12-7-13(10-14)11-15(18)9-12;1-5-16(2,3)15(18)19-17(4)13-7-11-6-12(9-13)10-14(17)8-11/h12-15H,5-11H2,1-4H3;11-15H,6-10H2,1-5H3;12-15H,5-11H2,1-4H3;11-14H,5-10H2,1-4H3. The second kappa shape index (κ2) is 23.5. The maximum absolute atomic E-state index is 12.6. The molecule has 10 heteroatoms. The van der Waals surface area contributed by atoms with Crippen LogP contribution in [-0.4, -0.2) is 58.9 Å². The summed E-state index contributed by atoms with van der Waals surface area (Å²) in [6.45, 7) is 34.6. The highest BCUT2D eigenvalue weighted by Gasteiger charge is 2.63. The molecule has 0 saturated heterocycles. The van der Waals surface area contributed by atoms with Crippen LogP contribution in [0, 0.1) is 122 Å². The van der Waals surface area contributed by atoms with E-state index in [4.69, 9.17) is 23.7 Å². The number of ether oxygens (including phenoxy) is 5. The van der Waals surface area contributed by atoms with Gasteiger partial charge in [-0.1, -0.05) is 41.5 Å². The maximum atomic E-state index is 12.6. The Kier molecular flexibility index (Phi) is 18.3. The van der Waals surface area contributed by atoms with Gasteiger partial charge in [-0.2, -0.15) is 0 Å². The second-order valence-electron chi connectivity index (χ2n) is 34.1. The molecular weight excluding hydrogens is 1020 g/mol. The van der Waals surface area contributed by atoms with Crippen molar-refractivity contribution in [1.29, 1.82) is 0 Å². The molecule has 16 aliphatic rings. The molecule has 0 atom stereocenters. The molecule has 0 N–H and O–H groups in total. The van der Waals surface area contributed by atoms with Crippen molar-refractivity contribution in [2.75, 3.05) is 6.61 Å². The van der Waals surface area contributed by atoms with Gasteiger partial charge >= 0.3 is 29.8 Å². The van der Waals surface area contributed by atoms with Gasteiger partial charge in [-0.05, 0) is 331 Å². The fraction of sp³-hybridized carbons (Fsp3) is 0.931. The first kappa shape index (κ1) is 63.8. The van der Waals surface area contributed by atoms with Crippen molar-refractivity contribution < 1.29 is 47.7 Å². The van der Waals surface area contributed by atoms with Crippen LogP contribution in [0.15, 0.2) is 0 Å². The van der Waals surface area contributed by atoms with Crippen LogP contribution in [-0.2, 0) is 47.7 Å². The minimum absolute atomic E-state index is 0.00123. The SMILES string of the molecule is CC(C)C1(OC(=O)C(C)(C)C)C2CC3CC(C2)CC1C3.CCC(C)(C)C(=O)OC1(C)C2CC3CC(C2)CC1C3.CCC(C)(C)C(=O)OC1(CC)C2CC3CC(C2)CC1C3.CCC(C)(C)C(=O)OCC(=O)OC1(C)C2CC3CC(C2)CC1C3. The third-order valence-corrected chi connectivity index (χ3v) is 26.3. The van der Waals surface area contributed by atoms with Crippen molar-refractivity contribution in [3.63, 3.8) is 0 Å². The summed E-state index contributed by atoms with van der Waals surface area (Å²) in [5.74, 6) is 11.7. The summed E-state index contributed by atoms with van der Waals surface area (Å²) in [5.41, 5.74) is -2.43. The zero-order chi connectivity index (χ0) is 59.9. The molecule has 0 amide bonds. The predicted molar refractivity (Wildman–Crippen MR) is 323 cm³/mol. The molecule has 82 heavy (non-hydrogen) atoms. The van der Waals surface area contributed by atoms with Crippen LogP contribution < -0.4 is 0 Å². The van der Waals surface area contributed by atoms with E-state index >= 15 is 0 Å². The lowest BCUT2D eigenvalue weighted by atomic mass is 9.47. The third-order valence-electron chi connectivity index (χ3n) is 26.3. The molecule has 0 spiro atoms. The molecule has 16 aliphatic carbocycles. The van der Waals surface area contributed by atoms with Crippen LogP contribution in [0.3, 0.4) is 0 Å². The van der Waals surface area contributed by atoms with Gasteiger partial charge in [-0.25, -0.2) is 4.79 Å². The molecule has 0 heterocycles. The minimum atomic E-state index is -0.549. The smallest absolute Gasteiger partial charge is 0.344 e. The number of hydrogen-bond acceptors (Lipinski definition) is 10. The molecule has 10 nitrogen and oxygen atoms in total. The molecule has 0 aliphatic heterocycles. The van der Waals surface area contributed by atoms with E-state index in [1.807, 2.05) is 69.2 Å². The second-order valence-corrected chi connectivity index (χ2v) is 34.1. The van der Waals surface area contributed by atoms with Gasteiger partial charge in [0.1, 0.15) is 22.4 Å². The molecule has 0 aromatic heterocycles. The molecule has 0 unspecified atom stereocenters. The molecule has 16 saturated carbocycles. The van der Waals surface area contributed by atoms with Gasteiger partial charge < -0.3 is 23.7 Å². The summed E-state index contributed by atoms with van der Waals surface area (Å²) in [5, 5.41) is 0. The zero-order valence-electron chi connectivity index (χ0n) is 55.1. The van der Waals surface area contributed by atoms with Crippen molar-refractivity contribution in [2.45, 2.75) is 294 Å². The van der Waals surface area contributed by atoms with Gasteiger partial charge in [0, 0.05) is 0 Å². The van der Waals surface area contributed by atoms with Crippen LogP contribution >= 0.6 is 0 Å². The number of rotatable bonds is 14. The first-order valence-corrected chi connectivity index (χ1v) is 34.3. The van der Waals surface area contributed by atoms with Gasteiger partial charge in [-0.15, -0.1) is 0 Å².